The summed E-state index contributed by atoms with van der Waals surface area (Å²) in [5.41, 5.74) is 7.20. The summed E-state index contributed by atoms with van der Waals surface area (Å²) in [5.74, 6) is -0.593. The van der Waals surface area contributed by atoms with E-state index in [1.165, 1.54) is 11.9 Å². The van der Waals surface area contributed by atoms with E-state index >= 15 is 0 Å². The fourth-order valence-corrected chi connectivity index (χ4v) is 3.01. The molecule has 0 aliphatic carbocycles. The lowest BCUT2D eigenvalue weighted by Gasteiger charge is -2.06. The van der Waals surface area contributed by atoms with E-state index in [9.17, 15) is 9.90 Å². The fraction of sp³-hybridized carbons (Fsp3) is 0.167. The van der Waals surface area contributed by atoms with E-state index in [1.54, 1.807) is 24.3 Å². The number of nitrogens with one attached hydrogen (secondary N) is 2. The summed E-state index contributed by atoms with van der Waals surface area (Å²) in [6.07, 6.45) is 0. The molecule has 7 nitrogen and oxygen atoms in total. The molecule has 5 N–H and O–H groups in total. The first-order valence-corrected chi connectivity index (χ1v) is 8.84. The number of primary amides is 1. The number of carbonyl (C=O) groups excluding carboxylic acids is 1. The Labute approximate surface area is 154 Å². The summed E-state index contributed by atoms with van der Waals surface area (Å²) >= 11 is 1.51. The van der Waals surface area contributed by atoms with E-state index in [0.29, 0.717) is 23.0 Å². The van der Waals surface area contributed by atoms with Crippen LogP contribution in [0.25, 0.3) is 10.9 Å². The zero-order valence-corrected chi connectivity index (χ0v) is 15.2. The summed E-state index contributed by atoms with van der Waals surface area (Å²) in [6.45, 7) is 4.13. The second-order valence-corrected chi connectivity index (χ2v) is 6.93. The fourth-order valence-electron chi connectivity index (χ4n) is 2.32. The van der Waals surface area contributed by atoms with Gasteiger partial charge in [0.1, 0.15) is 0 Å². The third kappa shape index (κ3) is 4.04. The molecule has 134 valence electrons. The maximum absolute atomic E-state index is 11.3. The smallest absolute Gasteiger partial charge is 0.248 e. The second-order valence-electron chi connectivity index (χ2n) is 6.02. The summed E-state index contributed by atoms with van der Waals surface area (Å²) in [7, 11) is 0. The predicted octanol–water partition coefficient (Wildman–Crippen LogP) is 4.39. The van der Waals surface area contributed by atoms with Gasteiger partial charge in [0.25, 0.3) is 0 Å². The van der Waals surface area contributed by atoms with Crippen molar-refractivity contribution in [2.24, 2.45) is 16.0 Å². The molecule has 0 radical (unpaired) electrons. The number of H-pyrrole nitrogens is 1. The molecule has 0 spiro atoms. The Morgan fingerprint density at radius 1 is 1.23 bits per heavy atom. The number of nitrogens with two attached hydrogens (primary N) is 1. The number of carbonyl (C=O) groups is 1. The van der Waals surface area contributed by atoms with E-state index in [4.69, 9.17) is 5.73 Å². The average molecular weight is 369 g/mol. The highest BCUT2D eigenvalue weighted by molar-refractivity contribution is 7.97. The van der Waals surface area contributed by atoms with Gasteiger partial charge in [-0.05, 0) is 62.2 Å². The largest absolute Gasteiger partial charge is 0.493 e. The van der Waals surface area contributed by atoms with E-state index < -0.39 is 5.91 Å². The maximum atomic E-state index is 11.3. The minimum atomic E-state index is -0.531. The van der Waals surface area contributed by atoms with Crippen LogP contribution < -0.4 is 10.5 Å². The highest BCUT2D eigenvalue weighted by Gasteiger charge is 2.12. The molecule has 1 amide bonds. The molecule has 0 fully saturated rings. The first-order valence-electron chi connectivity index (χ1n) is 8.02. The number of rotatable bonds is 6. The van der Waals surface area contributed by atoms with Crippen molar-refractivity contribution >= 4 is 40.1 Å². The summed E-state index contributed by atoms with van der Waals surface area (Å²) in [6, 6.07) is 12.6. The average Bonchev–Trinajstić information content (AvgIpc) is 2.93. The quantitative estimate of drug-likeness (QED) is 0.381. The number of hydrogen-bond acceptors (Lipinski definition) is 6. The number of hydrogen-bond donors (Lipinski definition) is 4. The number of azo groups is 1. The SMILES string of the molecule is CC(C)NSc1ccc2[nH]c(O)c(N=Nc3cccc(C(N)=O)c3)c2c1. The van der Waals surface area contributed by atoms with Gasteiger partial charge in [0, 0.05) is 21.9 Å². The van der Waals surface area contributed by atoms with Crippen LogP contribution in [0.3, 0.4) is 0 Å². The molecule has 0 atom stereocenters. The van der Waals surface area contributed by atoms with Gasteiger partial charge in [0.2, 0.25) is 11.8 Å². The monoisotopic (exact) mass is 369 g/mol. The third-order valence-corrected chi connectivity index (χ3v) is 4.61. The van der Waals surface area contributed by atoms with Crippen LogP contribution in [0.1, 0.15) is 24.2 Å². The Balaban J connectivity index is 1.93. The Morgan fingerprint density at radius 2 is 2.04 bits per heavy atom. The van der Waals surface area contributed by atoms with Gasteiger partial charge >= 0.3 is 0 Å². The zero-order chi connectivity index (χ0) is 18.7. The van der Waals surface area contributed by atoms with Crippen molar-refractivity contribution in [2.75, 3.05) is 0 Å². The molecule has 0 unspecified atom stereocenters. The normalized spacial score (nSPS) is 11.7. The Kier molecular flexibility index (Phi) is 5.24. The number of fused-ring (bicyclic) bond motifs is 1. The molecule has 0 saturated carbocycles. The molecule has 0 aliphatic heterocycles. The van der Waals surface area contributed by atoms with Crippen molar-refractivity contribution in [1.29, 1.82) is 0 Å². The number of aromatic nitrogens is 1. The molecule has 3 rings (SSSR count). The van der Waals surface area contributed by atoms with Gasteiger partial charge in [0.15, 0.2) is 5.69 Å². The van der Waals surface area contributed by atoms with E-state index in [2.05, 4.69) is 33.8 Å². The van der Waals surface area contributed by atoms with Gasteiger partial charge in [-0.15, -0.1) is 5.11 Å². The Morgan fingerprint density at radius 3 is 2.77 bits per heavy atom. The number of aromatic hydroxyl groups is 1. The van der Waals surface area contributed by atoms with Crippen LogP contribution >= 0.6 is 11.9 Å². The summed E-state index contributed by atoms with van der Waals surface area (Å²) < 4.78 is 3.27. The van der Waals surface area contributed by atoms with E-state index in [1.807, 2.05) is 18.2 Å². The van der Waals surface area contributed by atoms with Crippen LogP contribution in [0.2, 0.25) is 0 Å². The van der Waals surface area contributed by atoms with Crippen LogP contribution in [-0.4, -0.2) is 22.0 Å². The zero-order valence-electron chi connectivity index (χ0n) is 14.4. The number of aromatic amines is 1. The Hall–Kier alpha value is -2.84. The molecule has 3 aromatic rings. The van der Waals surface area contributed by atoms with Gasteiger partial charge in [-0.25, -0.2) is 0 Å². The lowest BCUT2D eigenvalue weighted by atomic mass is 10.2. The highest BCUT2D eigenvalue weighted by Crippen LogP contribution is 2.38. The summed E-state index contributed by atoms with van der Waals surface area (Å²) in [5, 5.41) is 19.2. The van der Waals surface area contributed by atoms with Gasteiger partial charge in [-0.1, -0.05) is 6.07 Å². The number of amides is 1. The molecule has 1 aromatic heterocycles. The van der Waals surface area contributed by atoms with Gasteiger partial charge < -0.3 is 15.8 Å². The van der Waals surface area contributed by atoms with Crippen molar-refractivity contribution in [2.45, 2.75) is 24.8 Å². The third-order valence-electron chi connectivity index (χ3n) is 3.53. The Bertz CT molecular complexity index is 981. The van der Waals surface area contributed by atoms with Crippen molar-refractivity contribution < 1.29 is 9.90 Å². The summed E-state index contributed by atoms with van der Waals surface area (Å²) in [4.78, 5) is 15.1. The van der Waals surface area contributed by atoms with Crippen LogP contribution in [0.15, 0.2) is 57.6 Å². The first kappa shape index (κ1) is 18.0. The predicted molar refractivity (Wildman–Crippen MR) is 103 cm³/mol. The van der Waals surface area contributed by atoms with Crippen LogP contribution in [0, 0.1) is 0 Å². The lowest BCUT2D eigenvalue weighted by Crippen LogP contribution is -2.13. The van der Waals surface area contributed by atoms with Gasteiger partial charge in [-0.3, -0.25) is 9.52 Å². The molecule has 0 saturated heterocycles. The van der Waals surface area contributed by atoms with Gasteiger partial charge in [-0.2, -0.15) is 5.11 Å². The van der Waals surface area contributed by atoms with Crippen molar-refractivity contribution in [3.8, 4) is 5.88 Å². The van der Waals surface area contributed by atoms with Crippen LogP contribution in [-0.2, 0) is 0 Å². The number of nitrogens with zero attached hydrogens (tertiary/aromatic N) is 2. The van der Waals surface area contributed by atoms with Crippen LogP contribution in [0.4, 0.5) is 11.4 Å². The molecule has 1 heterocycles. The first-order chi connectivity index (χ1) is 12.4. The van der Waals surface area contributed by atoms with Gasteiger partial charge in [0.05, 0.1) is 11.2 Å². The molecular weight excluding hydrogens is 350 g/mol. The molecule has 0 bridgehead atoms. The van der Waals surface area contributed by atoms with Crippen molar-refractivity contribution in [3.63, 3.8) is 0 Å². The van der Waals surface area contributed by atoms with E-state index in [0.717, 1.165) is 15.8 Å². The second kappa shape index (κ2) is 7.59. The number of benzene rings is 2. The standard InChI is InChI=1S/C18H19N5O2S/c1-10(2)23-26-13-6-7-15-14(9-13)16(18(25)20-15)22-21-12-5-3-4-11(8-12)17(19)24/h3-10,20,23,25H,1-2H3,(H2,19,24). The van der Waals surface area contributed by atoms with Crippen LogP contribution in [0.5, 0.6) is 5.88 Å². The molecule has 8 heteroatoms. The minimum absolute atomic E-state index is 0.0613. The molecule has 0 aliphatic rings. The lowest BCUT2D eigenvalue weighted by molar-refractivity contribution is 0.100. The minimum Gasteiger partial charge on any atom is -0.493 e. The topological polar surface area (TPSA) is 116 Å². The highest BCUT2D eigenvalue weighted by atomic mass is 32.2. The van der Waals surface area contributed by atoms with Crippen molar-refractivity contribution in [1.82, 2.24) is 9.71 Å². The molecular formula is C18H19N5O2S. The van der Waals surface area contributed by atoms with Crippen molar-refractivity contribution in [3.05, 3.63) is 48.0 Å². The molecule has 26 heavy (non-hydrogen) atoms. The molecule has 2 aromatic carbocycles. The maximum Gasteiger partial charge on any atom is 0.248 e. The van der Waals surface area contributed by atoms with E-state index in [-0.39, 0.29) is 5.88 Å².